The molecule has 0 aliphatic carbocycles. The van der Waals surface area contributed by atoms with Crippen molar-refractivity contribution >= 4 is 23.2 Å². The van der Waals surface area contributed by atoms with Crippen molar-refractivity contribution in [1.82, 2.24) is 24.9 Å². The Labute approximate surface area is 149 Å². The van der Waals surface area contributed by atoms with Crippen molar-refractivity contribution in [2.75, 3.05) is 19.7 Å². The summed E-state index contributed by atoms with van der Waals surface area (Å²) >= 11 is 1.49. The highest BCUT2D eigenvalue weighted by Gasteiger charge is 2.32. The van der Waals surface area contributed by atoms with Crippen molar-refractivity contribution in [3.8, 4) is 5.13 Å². The van der Waals surface area contributed by atoms with Crippen molar-refractivity contribution in [2.24, 2.45) is 5.92 Å². The summed E-state index contributed by atoms with van der Waals surface area (Å²) in [5.41, 5.74) is 0.954. The number of rotatable bonds is 4. The van der Waals surface area contributed by atoms with Gasteiger partial charge >= 0.3 is 5.97 Å². The van der Waals surface area contributed by atoms with Gasteiger partial charge in [-0.05, 0) is 33.6 Å². The number of carbonyl (C=O) groups excluding carboxylic acids is 2. The van der Waals surface area contributed by atoms with Crippen molar-refractivity contribution in [1.29, 1.82) is 0 Å². The van der Waals surface area contributed by atoms with Crippen LogP contribution in [0.3, 0.4) is 0 Å². The molecule has 3 heterocycles. The van der Waals surface area contributed by atoms with Crippen LogP contribution < -0.4 is 0 Å². The van der Waals surface area contributed by atoms with Gasteiger partial charge in [0.05, 0.1) is 18.2 Å². The fourth-order valence-electron chi connectivity index (χ4n) is 2.91. The van der Waals surface area contributed by atoms with E-state index in [4.69, 9.17) is 4.74 Å². The molecule has 0 spiro atoms. The number of hydrogen-bond donors (Lipinski definition) is 0. The first kappa shape index (κ1) is 17.5. The van der Waals surface area contributed by atoms with Gasteiger partial charge < -0.3 is 9.64 Å². The Morgan fingerprint density at radius 2 is 2.20 bits per heavy atom. The van der Waals surface area contributed by atoms with E-state index in [1.807, 2.05) is 6.92 Å². The van der Waals surface area contributed by atoms with Crippen molar-refractivity contribution in [3.05, 3.63) is 22.5 Å². The predicted octanol–water partition coefficient (Wildman–Crippen LogP) is 1.76. The van der Waals surface area contributed by atoms with Crippen LogP contribution in [0.4, 0.5) is 0 Å². The van der Waals surface area contributed by atoms with Crippen LogP contribution in [0.1, 0.15) is 40.8 Å². The van der Waals surface area contributed by atoms with Gasteiger partial charge in [0.1, 0.15) is 0 Å². The molecule has 0 saturated carbocycles. The number of aryl methyl sites for hydroxylation is 1. The smallest absolute Gasteiger partial charge is 0.310 e. The molecule has 1 aliphatic heterocycles. The largest absolute Gasteiger partial charge is 0.466 e. The Morgan fingerprint density at radius 3 is 2.88 bits per heavy atom. The zero-order valence-corrected chi connectivity index (χ0v) is 15.4. The fourth-order valence-corrected chi connectivity index (χ4v) is 3.67. The summed E-state index contributed by atoms with van der Waals surface area (Å²) in [7, 11) is 0. The predicted molar refractivity (Wildman–Crippen MR) is 91.8 cm³/mol. The second-order valence-electron chi connectivity index (χ2n) is 6.03. The van der Waals surface area contributed by atoms with Crippen molar-refractivity contribution in [3.63, 3.8) is 0 Å². The molecule has 1 fully saturated rings. The number of thiazole rings is 1. The number of esters is 1. The van der Waals surface area contributed by atoms with Crippen LogP contribution in [0.15, 0.2) is 6.20 Å². The first-order valence-electron chi connectivity index (χ1n) is 8.32. The molecule has 1 aliphatic rings. The monoisotopic (exact) mass is 363 g/mol. The highest BCUT2D eigenvalue weighted by Crippen LogP contribution is 2.22. The van der Waals surface area contributed by atoms with Crippen molar-refractivity contribution in [2.45, 2.75) is 33.6 Å². The Balaban J connectivity index is 1.77. The minimum Gasteiger partial charge on any atom is -0.466 e. The minimum atomic E-state index is -0.269. The number of hydrogen-bond acceptors (Lipinski definition) is 7. The van der Waals surface area contributed by atoms with Crippen LogP contribution in [-0.4, -0.2) is 56.5 Å². The van der Waals surface area contributed by atoms with Crippen LogP contribution in [0, 0.1) is 19.8 Å². The number of nitrogens with zero attached hydrogens (tertiary/aromatic N) is 5. The third-order valence-electron chi connectivity index (χ3n) is 4.22. The Morgan fingerprint density at radius 1 is 1.40 bits per heavy atom. The molecule has 8 nitrogen and oxygen atoms in total. The molecule has 1 saturated heterocycles. The summed E-state index contributed by atoms with van der Waals surface area (Å²) in [6.07, 6.45) is 3.28. The normalized spacial score (nSPS) is 17.6. The molecule has 0 bridgehead atoms. The van der Waals surface area contributed by atoms with E-state index in [1.165, 1.54) is 11.3 Å². The molecule has 0 N–H and O–H groups in total. The standard InChI is InChI=1S/C16H21N5O3S/c1-4-24-15(23)12-6-5-7-20(9-12)14(22)13-11(3)21(19-18-13)16-17-8-10(2)25-16/h8,12H,4-7,9H2,1-3H3. The van der Waals surface area contributed by atoms with Crippen LogP contribution in [-0.2, 0) is 9.53 Å². The molecule has 134 valence electrons. The molecule has 9 heteroatoms. The average molecular weight is 363 g/mol. The highest BCUT2D eigenvalue weighted by atomic mass is 32.1. The van der Waals surface area contributed by atoms with Gasteiger partial charge in [-0.1, -0.05) is 5.21 Å². The van der Waals surface area contributed by atoms with E-state index in [1.54, 1.807) is 29.6 Å². The maximum absolute atomic E-state index is 12.8. The van der Waals surface area contributed by atoms with Gasteiger partial charge in [0, 0.05) is 24.2 Å². The number of piperidine rings is 1. The maximum Gasteiger partial charge on any atom is 0.310 e. The summed E-state index contributed by atoms with van der Waals surface area (Å²) in [6.45, 7) is 6.87. The SMILES string of the molecule is CCOC(=O)C1CCCN(C(=O)c2nnn(-c3ncc(C)s3)c2C)C1. The third-order valence-corrected chi connectivity index (χ3v) is 5.10. The van der Waals surface area contributed by atoms with Crippen LogP contribution in [0.2, 0.25) is 0 Å². The fraction of sp³-hybridized carbons (Fsp3) is 0.562. The molecule has 1 unspecified atom stereocenters. The lowest BCUT2D eigenvalue weighted by atomic mass is 9.98. The summed E-state index contributed by atoms with van der Waals surface area (Å²) < 4.78 is 6.67. The van der Waals surface area contributed by atoms with Gasteiger partial charge in [0.25, 0.3) is 5.91 Å². The molecule has 3 rings (SSSR count). The second-order valence-corrected chi connectivity index (χ2v) is 7.24. The third kappa shape index (κ3) is 3.55. The van der Waals surface area contributed by atoms with Crippen LogP contribution in [0.25, 0.3) is 5.13 Å². The zero-order valence-electron chi connectivity index (χ0n) is 14.6. The summed E-state index contributed by atoms with van der Waals surface area (Å²) in [6, 6.07) is 0. The van der Waals surface area contributed by atoms with E-state index in [-0.39, 0.29) is 17.8 Å². The van der Waals surface area contributed by atoms with E-state index in [0.717, 1.165) is 17.7 Å². The van der Waals surface area contributed by atoms with Crippen LogP contribution in [0.5, 0.6) is 0 Å². The Bertz CT molecular complexity index is 785. The lowest BCUT2D eigenvalue weighted by Crippen LogP contribution is -2.43. The minimum absolute atomic E-state index is 0.203. The molecule has 2 aromatic rings. The van der Waals surface area contributed by atoms with E-state index in [2.05, 4.69) is 15.3 Å². The highest BCUT2D eigenvalue weighted by molar-refractivity contribution is 7.13. The second kappa shape index (κ2) is 7.30. The van der Waals surface area contributed by atoms with E-state index >= 15 is 0 Å². The number of ether oxygens (including phenoxy) is 1. The Kier molecular flexibility index (Phi) is 5.12. The first-order chi connectivity index (χ1) is 12.0. The van der Waals surface area contributed by atoms with Crippen molar-refractivity contribution < 1.29 is 14.3 Å². The quantitative estimate of drug-likeness (QED) is 0.769. The molecular weight excluding hydrogens is 342 g/mol. The average Bonchev–Trinajstić information content (AvgIpc) is 3.20. The van der Waals surface area contributed by atoms with Gasteiger partial charge in [0.15, 0.2) is 5.69 Å². The van der Waals surface area contributed by atoms with E-state index in [9.17, 15) is 9.59 Å². The zero-order chi connectivity index (χ0) is 18.0. The summed E-state index contributed by atoms with van der Waals surface area (Å²) in [4.78, 5) is 31.8. The van der Waals surface area contributed by atoms with Gasteiger partial charge in [0.2, 0.25) is 5.13 Å². The topological polar surface area (TPSA) is 90.2 Å². The number of carbonyl (C=O) groups is 2. The lowest BCUT2D eigenvalue weighted by molar-refractivity contribution is -0.149. The van der Waals surface area contributed by atoms with Gasteiger partial charge in [-0.25, -0.2) is 4.98 Å². The first-order valence-corrected chi connectivity index (χ1v) is 9.14. The molecule has 1 atom stereocenters. The molecular formula is C16H21N5O3S. The van der Waals surface area contributed by atoms with E-state index < -0.39 is 0 Å². The molecule has 0 aromatic carbocycles. The molecule has 1 amide bonds. The lowest BCUT2D eigenvalue weighted by Gasteiger charge is -2.31. The van der Waals surface area contributed by atoms with E-state index in [0.29, 0.717) is 36.2 Å². The number of aromatic nitrogens is 4. The van der Waals surface area contributed by atoms with Gasteiger partial charge in [-0.15, -0.1) is 16.4 Å². The Hall–Kier alpha value is -2.29. The van der Waals surface area contributed by atoms with Gasteiger partial charge in [-0.3, -0.25) is 9.59 Å². The maximum atomic E-state index is 12.8. The van der Waals surface area contributed by atoms with Gasteiger partial charge in [-0.2, -0.15) is 4.68 Å². The molecule has 2 aromatic heterocycles. The molecule has 0 radical (unpaired) electrons. The summed E-state index contributed by atoms with van der Waals surface area (Å²) in [5.74, 6) is -0.709. The summed E-state index contributed by atoms with van der Waals surface area (Å²) in [5, 5.41) is 8.81. The number of likely N-dealkylation sites (tertiary alicyclic amines) is 1. The number of amides is 1. The van der Waals surface area contributed by atoms with Crippen LogP contribution >= 0.6 is 11.3 Å². The molecule has 25 heavy (non-hydrogen) atoms.